The van der Waals surface area contributed by atoms with E-state index < -0.39 is 0 Å². The first-order valence-electron chi connectivity index (χ1n) is 9.53. The van der Waals surface area contributed by atoms with Crippen LogP contribution in [0.15, 0.2) is 42.7 Å². The zero-order chi connectivity index (χ0) is 20.6. The number of nitrogens with zero attached hydrogens (tertiary/aromatic N) is 5. The van der Waals surface area contributed by atoms with Crippen LogP contribution in [0.4, 0.5) is 11.5 Å². The average Bonchev–Trinajstić information content (AvgIpc) is 3.24. The number of nitrogens with one attached hydrogen (secondary N) is 2. The molecule has 0 spiro atoms. The van der Waals surface area contributed by atoms with E-state index in [1.54, 1.807) is 23.1 Å². The van der Waals surface area contributed by atoms with Gasteiger partial charge in [-0.2, -0.15) is 15.5 Å². The summed E-state index contributed by atoms with van der Waals surface area (Å²) in [7, 11) is 0. The molecule has 148 valence electrons. The fraction of sp³-hybridized carbons (Fsp3) is 0.286. The van der Waals surface area contributed by atoms with Gasteiger partial charge in [0.15, 0.2) is 5.82 Å². The first-order valence-corrected chi connectivity index (χ1v) is 9.53. The molecule has 0 atom stereocenters. The second kappa shape index (κ2) is 9.46. The van der Waals surface area contributed by atoms with E-state index in [4.69, 9.17) is 0 Å². The third-order valence-electron chi connectivity index (χ3n) is 4.49. The van der Waals surface area contributed by atoms with Crippen molar-refractivity contribution >= 4 is 17.4 Å². The van der Waals surface area contributed by atoms with E-state index in [1.165, 1.54) is 0 Å². The van der Waals surface area contributed by atoms with E-state index in [1.807, 2.05) is 38.1 Å². The number of aromatic nitrogens is 4. The highest BCUT2D eigenvalue weighted by Gasteiger charge is 2.14. The molecule has 2 aromatic heterocycles. The minimum Gasteiger partial charge on any atom is -0.363 e. The molecule has 2 N–H and O–H groups in total. The molecule has 8 nitrogen and oxygen atoms in total. The Hall–Kier alpha value is -3.73. The van der Waals surface area contributed by atoms with Gasteiger partial charge in [-0.15, -0.1) is 5.10 Å². The van der Waals surface area contributed by atoms with Crippen molar-refractivity contribution in [3.63, 3.8) is 0 Å². The maximum Gasteiger partial charge on any atom is 0.246 e. The van der Waals surface area contributed by atoms with Crippen molar-refractivity contribution in [2.24, 2.45) is 0 Å². The molecule has 8 heteroatoms. The highest BCUT2D eigenvalue weighted by molar-refractivity contribution is 5.90. The van der Waals surface area contributed by atoms with Gasteiger partial charge in [0.1, 0.15) is 18.2 Å². The monoisotopic (exact) mass is 389 g/mol. The van der Waals surface area contributed by atoms with E-state index in [2.05, 4.69) is 32.0 Å². The molecule has 0 radical (unpaired) electrons. The largest absolute Gasteiger partial charge is 0.363 e. The molecule has 0 saturated heterocycles. The van der Waals surface area contributed by atoms with Crippen LogP contribution in [0.2, 0.25) is 0 Å². The van der Waals surface area contributed by atoms with Gasteiger partial charge in [-0.05, 0) is 42.2 Å². The molecule has 0 aliphatic heterocycles. The van der Waals surface area contributed by atoms with E-state index in [9.17, 15) is 10.1 Å². The van der Waals surface area contributed by atoms with Crippen molar-refractivity contribution in [1.29, 1.82) is 5.26 Å². The van der Waals surface area contributed by atoms with Crippen LogP contribution in [0.25, 0.3) is 0 Å². The van der Waals surface area contributed by atoms with Crippen LogP contribution in [0.1, 0.15) is 36.2 Å². The Morgan fingerprint density at radius 3 is 2.76 bits per heavy atom. The summed E-state index contributed by atoms with van der Waals surface area (Å²) in [4.78, 5) is 12.1. The predicted molar refractivity (Wildman–Crippen MR) is 110 cm³/mol. The second-order valence-electron chi connectivity index (χ2n) is 6.47. The SMILES string of the molecule is CCc1nnc(NCc2cccc(NC(=O)Cn3cccn3)c2)c(C#N)c1CC. The van der Waals surface area contributed by atoms with Gasteiger partial charge in [0.2, 0.25) is 5.91 Å². The molecule has 0 aliphatic carbocycles. The van der Waals surface area contributed by atoms with E-state index >= 15 is 0 Å². The number of amides is 1. The average molecular weight is 389 g/mol. The van der Waals surface area contributed by atoms with Crippen LogP contribution in [0, 0.1) is 11.3 Å². The minimum absolute atomic E-state index is 0.153. The standard InChI is InChI=1S/C21H23N7O/c1-3-17-18(12-22)21(27-26-19(17)4-2)23-13-15-7-5-8-16(11-15)25-20(29)14-28-10-6-9-24-28/h5-11H,3-4,13-14H2,1-2H3,(H,23,27)(H,25,29). The maximum atomic E-state index is 12.1. The van der Waals surface area contributed by atoms with Crippen LogP contribution >= 0.6 is 0 Å². The number of aryl methyl sites for hydroxylation is 1. The summed E-state index contributed by atoms with van der Waals surface area (Å²) in [6, 6.07) is 11.6. The number of carbonyl (C=O) groups excluding carboxylic acids is 1. The zero-order valence-electron chi connectivity index (χ0n) is 16.5. The molecule has 0 unspecified atom stereocenters. The lowest BCUT2D eigenvalue weighted by atomic mass is 10.0. The molecule has 3 aromatic rings. The third kappa shape index (κ3) is 4.96. The van der Waals surface area contributed by atoms with Crippen LogP contribution in [0.5, 0.6) is 0 Å². The summed E-state index contributed by atoms with van der Waals surface area (Å²) < 4.78 is 1.56. The zero-order valence-corrected chi connectivity index (χ0v) is 16.5. The molecule has 0 bridgehead atoms. The Morgan fingerprint density at radius 2 is 2.07 bits per heavy atom. The Balaban J connectivity index is 1.68. The van der Waals surface area contributed by atoms with Crippen molar-refractivity contribution < 1.29 is 4.79 Å². The molecule has 3 rings (SSSR count). The van der Waals surface area contributed by atoms with Gasteiger partial charge >= 0.3 is 0 Å². The van der Waals surface area contributed by atoms with Gasteiger partial charge in [-0.25, -0.2) is 0 Å². The van der Waals surface area contributed by atoms with Gasteiger partial charge in [-0.3, -0.25) is 9.48 Å². The lowest BCUT2D eigenvalue weighted by Gasteiger charge is -2.13. The molecule has 2 heterocycles. The van der Waals surface area contributed by atoms with E-state index in [-0.39, 0.29) is 12.5 Å². The van der Waals surface area contributed by atoms with Crippen LogP contribution < -0.4 is 10.6 Å². The summed E-state index contributed by atoms with van der Waals surface area (Å²) in [5.74, 6) is 0.328. The van der Waals surface area contributed by atoms with Crippen LogP contribution in [-0.2, 0) is 30.7 Å². The number of benzene rings is 1. The highest BCUT2D eigenvalue weighted by atomic mass is 16.2. The highest BCUT2D eigenvalue weighted by Crippen LogP contribution is 2.21. The van der Waals surface area contributed by atoms with Gasteiger partial charge < -0.3 is 10.6 Å². The number of nitriles is 1. The molecule has 1 amide bonds. The Morgan fingerprint density at radius 1 is 1.21 bits per heavy atom. The fourth-order valence-electron chi connectivity index (χ4n) is 3.10. The summed E-state index contributed by atoms with van der Waals surface area (Å²) in [5.41, 5.74) is 3.99. The summed E-state index contributed by atoms with van der Waals surface area (Å²) in [6.07, 6.45) is 4.84. The number of hydrogen-bond donors (Lipinski definition) is 2. The predicted octanol–water partition coefficient (Wildman–Crippen LogP) is 2.92. The maximum absolute atomic E-state index is 12.1. The van der Waals surface area contributed by atoms with Crippen molar-refractivity contribution in [3.05, 3.63) is 65.1 Å². The normalized spacial score (nSPS) is 10.4. The van der Waals surface area contributed by atoms with Crippen LogP contribution in [-0.4, -0.2) is 25.9 Å². The first kappa shape index (κ1) is 20.0. The van der Waals surface area contributed by atoms with Gasteiger partial charge in [0.05, 0.1) is 5.69 Å². The summed E-state index contributed by atoms with van der Waals surface area (Å²) >= 11 is 0. The lowest BCUT2D eigenvalue weighted by molar-refractivity contribution is -0.116. The van der Waals surface area contributed by atoms with Gasteiger partial charge in [-0.1, -0.05) is 26.0 Å². The number of hydrogen-bond acceptors (Lipinski definition) is 6. The summed E-state index contributed by atoms with van der Waals surface area (Å²) in [5, 5.41) is 28.1. The molecule has 0 aliphatic rings. The number of anilines is 2. The molecular weight excluding hydrogens is 366 g/mol. The second-order valence-corrected chi connectivity index (χ2v) is 6.47. The fourth-order valence-corrected chi connectivity index (χ4v) is 3.10. The number of carbonyl (C=O) groups is 1. The molecular formula is C21H23N7O. The Kier molecular flexibility index (Phi) is 6.53. The van der Waals surface area contributed by atoms with Crippen molar-refractivity contribution in [2.75, 3.05) is 10.6 Å². The van der Waals surface area contributed by atoms with Crippen LogP contribution in [0.3, 0.4) is 0 Å². The molecule has 29 heavy (non-hydrogen) atoms. The van der Waals surface area contributed by atoms with Crippen molar-refractivity contribution in [1.82, 2.24) is 20.0 Å². The Labute approximate surface area is 169 Å². The van der Waals surface area contributed by atoms with Gasteiger partial charge in [0, 0.05) is 24.6 Å². The third-order valence-corrected chi connectivity index (χ3v) is 4.49. The molecule has 0 fully saturated rings. The quantitative estimate of drug-likeness (QED) is 0.613. The van der Waals surface area contributed by atoms with E-state index in [0.29, 0.717) is 23.6 Å². The minimum atomic E-state index is -0.154. The van der Waals surface area contributed by atoms with Gasteiger partial charge in [0.25, 0.3) is 0 Å². The van der Waals surface area contributed by atoms with Crippen molar-refractivity contribution in [2.45, 2.75) is 39.8 Å². The topological polar surface area (TPSA) is 109 Å². The first-order chi connectivity index (χ1) is 14.1. The van der Waals surface area contributed by atoms with Crippen molar-refractivity contribution in [3.8, 4) is 6.07 Å². The van der Waals surface area contributed by atoms with E-state index in [0.717, 1.165) is 29.7 Å². The molecule has 1 aromatic carbocycles. The Bertz CT molecular complexity index is 1020. The molecule has 0 saturated carbocycles. The summed E-state index contributed by atoms with van der Waals surface area (Å²) in [6.45, 7) is 4.63. The smallest absolute Gasteiger partial charge is 0.246 e. The lowest BCUT2D eigenvalue weighted by Crippen LogP contribution is -2.19. The number of rotatable bonds is 8.